The van der Waals surface area contributed by atoms with Gasteiger partial charge in [0.2, 0.25) is 0 Å². The van der Waals surface area contributed by atoms with Crippen molar-refractivity contribution in [2.45, 2.75) is 0 Å². The summed E-state index contributed by atoms with van der Waals surface area (Å²) in [4.78, 5) is 21.5. The number of rotatable bonds is 3. The van der Waals surface area contributed by atoms with Crippen molar-refractivity contribution in [1.29, 1.82) is 0 Å². The number of amides is 1. The number of nitro groups is 1. The summed E-state index contributed by atoms with van der Waals surface area (Å²) in [6.07, 6.45) is 0. The molecule has 102 valence electrons. The number of non-ortho nitro benzene ring substituents is 1. The van der Waals surface area contributed by atoms with Gasteiger partial charge in [0.05, 0.1) is 16.6 Å². The van der Waals surface area contributed by atoms with Gasteiger partial charge in [-0.15, -0.1) is 0 Å². The van der Waals surface area contributed by atoms with Crippen molar-refractivity contribution in [3.05, 3.63) is 64.0 Å². The molecule has 2 aromatic carbocycles. The van der Waals surface area contributed by atoms with E-state index in [1.165, 1.54) is 24.3 Å². The summed E-state index contributed by atoms with van der Waals surface area (Å²) < 4.78 is 13.6. The van der Waals surface area contributed by atoms with E-state index < -0.39 is 22.3 Å². The highest BCUT2D eigenvalue weighted by Gasteiger charge is 2.16. The van der Waals surface area contributed by atoms with E-state index >= 15 is 0 Å². The lowest BCUT2D eigenvalue weighted by Gasteiger charge is -2.06. The molecular weight excluding hydrogens is 267 g/mol. The van der Waals surface area contributed by atoms with Gasteiger partial charge in [-0.2, -0.15) is 0 Å². The van der Waals surface area contributed by atoms with Gasteiger partial charge in [0.25, 0.3) is 11.6 Å². The van der Waals surface area contributed by atoms with E-state index in [9.17, 15) is 19.3 Å². The molecule has 2 N–H and O–H groups in total. The van der Waals surface area contributed by atoms with Crippen LogP contribution in [0, 0.1) is 15.9 Å². The largest absolute Gasteiger partial charge is 0.508 e. The number of carbonyl (C=O) groups is 1. The smallest absolute Gasteiger partial charge is 0.272 e. The van der Waals surface area contributed by atoms with Crippen LogP contribution in [0.1, 0.15) is 10.4 Å². The van der Waals surface area contributed by atoms with Gasteiger partial charge in [0, 0.05) is 11.8 Å². The molecule has 0 aliphatic carbocycles. The van der Waals surface area contributed by atoms with E-state index in [1.807, 2.05) is 0 Å². The summed E-state index contributed by atoms with van der Waals surface area (Å²) in [6.45, 7) is 0. The number of hydrogen-bond donors (Lipinski definition) is 2. The molecule has 0 bridgehead atoms. The van der Waals surface area contributed by atoms with Crippen LogP contribution < -0.4 is 5.32 Å². The van der Waals surface area contributed by atoms with Gasteiger partial charge in [-0.1, -0.05) is 0 Å². The average Bonchev–Trinajstić information content (AvgIpc) is 2.41. The lowest BCUT2D eigenvalue weighted by molar-refractivity contribution is -0.385. The number of phenols is 1. The number of benzene rings is 2. The molecule has 0 saturated carbocycles. The lowest BCUT2D eigenvalue weighted by Crippen LogP contribution is -2.13. The maximum absolute atomic E-state index is 13.6. The van der Waals surface area contributed by atoms with Gasteiger partial charge in [-0.3, -0.25) is 14.9 Å². The molecule has 0 aromatic heterocycles. The lowest BCUT2D eigenvalue weighted by atomic mass is 10.1. The van der Waals surface area contributed by atoms with Gasteiger partial charge in [-0.05, 0) is 30.3 Å². The Morgan fingerprint density at radius 1 is 1.20 bits per heavy atom. The number of nitro benzene ring substituents is 1. The summed E-state index contributed by atoms with van der Waals surface area (Å²) in [5.41, 5.74) is -0.363. The highest BCUT2D eigenvalue weighted by Crippen LogP contribution is 2.19. The van der Waals surface area contributed by atoms with Gasteiger partial charge in [0.15, 0.2) is 0 Å². The second-order valence-corrected chi connectivity index (χ2v) is 3.92. The van der Waals surface area contributed by atoms with Crippen molar-refractivity contribution in [2.24, 2.45) is 0 Å². The molecule has 6 nitrogen and oxygen atoms in total. The molecule has 2 aromatic rings. The van der Waals surface area contributed by atoms with Gasteiger partial charge < -0.3 is 10.4 Å². The molecule has 0 unspecified atom stereocenters. The van der Waals surface area contributed by atoms with E-state index in [-0.39, 0.29) is 11.3 Å². The Labute approximate surface area is 112 Å². The third-order valence-electron chi connectivity index (χ3n) is 2.53. The van der Waals surface area contributed by atoms with Crippen LogP contribution in [0.2, 0.25) is 0 Å². The molecule has 0 aliphatic heterocycles. The molecule has 0 fully saturated rings. The van der Waals surface area contributed by atoms with Crippen LogP contribution in [0.5, 0.6) is 5.75 Å². The molecule has 0 spiro atoms. The first kappa shape index (κ1) is 13.5. The first-order valence-corrected chi connectivity index (χ1v) is 5.51. The number of nitrogens with zero attached hydrogens (tertiary/aromatic N) is 1. The number of nitrogens with one attached hydrogen (secondary N) is 1. The monoisotopic (exact) mass is 276 g/mol. The van der Waals surface area contributed by atoms with Crippen LogP contribution in [0.3, 0.4) is 0 Å². The predicted octanol–water partition coefficient (Wildman–Crippen LogP) is 2.69. The van der Waals surface area contributed by atoms with Gasteiger partial charge >= 0.3 is 0 Å². The molecule has 1 amide bonds. The van der Waals surface area contributed by atoms with Crippen molar-refractivity contribution >= 4 is 17.3 Å². The van der Waals surface area contributed by atoms with Crippen LogP contribution in [-0.2, 0) is 0 Å². The van der Waals surface area contributed by atoms with Crippen LogP contribution in [-0.4, -0.2) is 15.9 Å². The summed E-state index contributed by atoms with van der Waals surface area (Å²) in [5.74, 6) is -1.68. The minimum absolute atomic E-state index is 0.0320. The molecule has 20 heavy (non-hydrogen) atoms. The predicted molar refractivity (Wildman–Crippen MR) is 69.1 cm³/mol. The summed E-state index contributed by atoms with van der Waals surface area (Å²) >= 11 is 0. The third kappa shape index (κ3) is 2.89. The van der Waals surface area contributed by atoms with Gasteiger partial charge in [0.1, 0.15) is 11.6 Å². The number of carbonyl (C=O) groups excluding carboxylic acids is 1. The Morgan fingerprint density at radius 2 is 1.85 bits per heavy atom. The third-order valence-corrected chi connectivity index (χ3v) is 2.53. The number of hydrogen-bond acceptors (Lipinski definition) is 4. The highest BCUT2D eigenvalue weighted by molar-refractivity contribution is 6.04. The second kappa shape index (κ2) is 5.35. The van der Waals surface area contributed by atoms with Crippen molar-refractivity contribution in [2.75, 3.05) is 5.32 Å². The zero-order valence-corrected chi connectivity index (χ0v) is 10.0. The molecule has 7 heteroatoms. The Bertz CT molecular complexity index is 671. The van der Waals surface area contributed by atoms with Crippen molar-refractivity contribution in [1.82, 2.24) is 0 Å². The SMILES string of the molecule is O=C(Nc1ccc(O)cc1)c1ccc([N+](=O)[O-])cc1F. The molecule has 0 atom stereocenters. The zero-order chi connectivity index (χ0) is 14.7. The minimum Gasteiger partial charge on any atom is -0.508 e. The molecular formula is C13H9FN2O4. The average molecular weight is 276 g/mol. The van der Waals surface area contributed by atoms with E-state index in [0.717, 1.165) is 12.1 Å². The maximum atomic E-state index is 13.6. The highest BCUT2D eigenvalue weighted by atomic mass is 19.1. The van der Waals surface area contributed by atoms with Crippen LogP contribution in [0.4, 0.5) is 15.8 Å². The quantitative estimate of drug-likeness (QED) is 0.512. The first-order valence-electron chi connectivity index (χ1n) is 5.51. The number of anilines is 1. The molecule has 0 aliphatic rings. The summed E-state index contributed by atoms with van der Waals surface area (Å²) in [6, 6.07) is 8.39. The summed E-state index contributed by atoms with van der Waals surface area (Å²) in [5, 5.41) is 22.0. The Kier molecular flexibility index (Phi) is 3.60. The Balaban J connectivity index is 2.21. The summed E-state index contributed by atoms with van der Waals surface area (Å²) in [7, 11) is 0. The van der Waals surface area contributed by atoms with Gasteiger partial charge in [-0.25, -0.2) is 4.39 Å². The van der Waals surface area contributed by atoms with E-state index in [2.05, 4.69) is 5.32 Å². The van der Waals surface area contributed by atoms with E-state index in [0.29, 0.717) is 11.8 Å². The van der Waals surface area contributed by atoms with E-state index in [4.69, 9.17) is 5.11 Å². The molecule has 0 saturated heterocycles. The zero-order valence-electron chi connectivity index (χ0n) is 10.0. The van der Waals surface area contributed by atoms with Crippen LogP contribution in [0.15, 0.2) is 42.5 Å². The van der Waals surface area contributed by atoms with Crippen molar-refractivity contribution in [3.63, 3.8) is 0 Å². The van der Waals surface area contributed by atoms with Crippen LogP contribution >= 0.6 is 0 Å². The minimum atomic E-state index is -0.976. The fourth-order valence-corrected chi connectivity index (χ4v) is 1.54. The number of aromatic hydroxyl groups is 1. The number of halogens is 1. The van der Waals surface area contributed by atoms with E-state index in [1.54, 1.807) is 0 Å². The van der Waals surface area contributed by atoms with Crippen molar-refractivity contribution in [3.8, 4) is 5.75 Å². The van der Waals surface area contributed by atoms with Crippen molar-refractivity contribution < 1.29 is 19.2 Å². The standard InChI is InChI=1S/C13H9FN2O4/c14-12-7-9(16(19)20)3-6-11(12)13(18)15-8-1-4-10(17)5-2-8/h1-7,17H,(H,15,18). The molecule has 0 radical (unpaired) electrons. The first-order chi connectivity index (χ1) is 9.47. The fraction of sp³-hybridized carbons (Fsp3) is 0. The topological polar surface area (TPSA) is 92.5 Å². The second-order valence-electron chi connectivity index (χ2n) is 3.92. The molecule has 0 heterocycles. The normalized spacial score (nSPS) is 10.1. The molecule has 2 rings (SSSR count). The maximum Gasteiger partial charge on any atom is 0.272 e. The van der Waals surface area contributed by atoms with Crippen LogP contribution in [0.25, 0.3) is 0 Å². The Morgan fingerprint density at radius 3 is 2.40 bits per heavy atom. The fourth-order valence-electron chi connectivity index (χ4n) is 1.54. The Hall–Kier alpha value is -2.96. The number of phenolic OH excluding ortho intramolecular Hbond substituents is 1.